The van der Waals surface area contributed by atoms with Crippen molar-refractivity contribution in [3.8, 4) is 11.1 Å². The van der Waals surface area contributed by atoms with Gasteiger partial charge in [-0.25, -0.2) is 9.78 Å². The van der Waals surface area contributed by atoms with Gasteiger partial charge in [-0.3, -0.25) is 14.9 Å². The Morgan fingerprint density at radius 3 is 2.25 bits per heavy atom. The first-order chi connectivity index (χ1) is 25.7. The topological polar surface area (TPSA) is 120 Å². The van der Waals surface area contributed by atoms with Gasteiger partial charge in [0.15, 0.2) is 0 Å². The summed E-state index contributed by atoms with van der Waals surface area (Å²) in [6, 6.07) is 36.7. The molecule has 1 heterocycles. The van der Waals surface area contributed by atoms with Crippen LogP contribution in [-0.4, -0.2) is 50.6 Å². The fourth-order valence-corrected chi connectivity index (χ4v) is 7.17. The van der Waals surface area contributed by atoms with Crippen LogP contribution in [0.2, 0.25) is 0 Å². The molecule has 6 aromatic rings. The number of nitro benzene ring substituents is 1. The second-order valence-electron chi connectivity index (χ2n) is 13.9. The highest BCUT2D eigenvalue weighted by molar-refractivity contribution is 5.86. The van der Waals surface area contributed by atoms with E-state index in [9.17, 15) is 19.7 Å². The van der Waals surface area contributed by atoms with Crippen LogP contribution >= 0.6 is 0 Å². The van der Waals surface area contributed by atoms with Crippen molar-refractivity contribution in [2.75, 3.05) is 13.2 Å². The van der Waals surface area contributed by atoms with E-state index in [4.69, 9.17) is 4.74 Å². The maximum absolute atomic E-state index is 14.2. The van der Waals surface area contributed by atoms with Crippen molar-refractivity contribution in [3.63, 3.8) is 0 Å². The van der Waals surface area contributed by atoms with Gasteiger partial charge < -0.3 is 19.5 Å². The smallest absolute Gasteiger partial charge is 0.410 e. The Bertz CT molecular complexity index is 2210. The molecule has 0 radical (unpaired) electrons. The number of nitrogens with zero attached hydrogens (tertiary/aromatic N) is 4. The van der Waals surface area contributed by atoms with Crippen LogP contribution in [0.5, 0.6) is 0 Å². The minimum absolute atomic E-state index is 0.000346. The lowest BCUT2D eigenvalue weighted by Crippen LogP contribution is -2.49. The molecule has 268 valence electrons. The minimum atomic E-state index is -0.444. The van der Waals surface area contributed by atoms with Crippen LogP contribution in [0, 0.1) is 16.0 Å². The third kappa shape index (κ3) is 7.82. The molecule has 10 nitrogen and oxygen atoms in total. The Hall–Kier alpha value is -6.29. The highest BCUT2D eigenvalue weighted by atomic mass is 16.6. The van der Waals surface area contributed by atoms with Crippen molar-refractivity contribution in [2.24, 2.45) is 5.92 Å². The number of amides is 2. The molecule has 0 saturated carbocycles. The molecule has 53 heavy (non-hydrogen) atoms. The van der Waals surface area contributed by atoms with Crippen LogP contribution in [0.15, 0.2) is 128 Å². The zero-order valence-electron chi connectivity index (χ0n) is 29.7. The van der Waals surface area contributed by atoms with E-state index in [0.717, 1.165) is 44.2 Å². The molecule has 10 heteroatoms. The summed E-state index contributed by atoms with van der Waals surface area (Å²) in [7, 11) is 0. The van der Waals surface area contributed by atoms with Gasteiger partial charge in [0.25, 0.3) is 5.69 Å². The number of hydrogen-bond acceptors (Lipinski definition) is 6. The summed E-state index contributed by atoms with van der Waals surface area (Å²) >= 11 is 0. The van der Waals surface area contributed by atoms with Crippen LogP contribution in [-0.2, 0) is 29.0 Å². The molecule has 1 atom stereocenters. The summed E-state index contributed by atoms with van der Waals surface area (Å²) < 4.78 is 8.03. The summed E-state index contributed by atoms with van der Waals surface area (Å²) in [5.41, 5.74) is 7.16. The number of non-ortho nitro benzene ring substituents is 1. The molecule has 0 aliphatic heterocycles. The number of benzene rings is 5. The van der Waals surface area contributed by atoms with Crippen LogP contribution < -0.4 is 5.32 Å². The van der Waals surface area contributed by atoms with E-state index in [-0.39, 0.29) is 49.0 Å². The second-order valence-corrected chi connectivity index (χ2v) is 13.9. The molecule has 2 amide bonds. The van der Waals surface area contributed by atoms with Crippen LogP contribution in [0.25, 0.3) is 21.9 Å². The number of nitrogens with one attached hydrogen (secondary N) is 1. The van der Waals surface area contributed by atoms with Crippen LogP contribution in [0.4, 0.5) is 10.5 Å². The normalized spacial score (nSPS) is 12.7. The standard InChI is InChI=1S/C43H41N5O5/c1-29(2)41(45-42(49)22-34-23-44-28-47(34)24-30-18-20-33(21-19-30)48(51)52)26-46(25-32-12-9-11-31-10-3-4-13-35(31)32)43(50)53-27-40-38-16-7-5-14-36(38)37-15-6-8-17-39(37)40/h3-21,23,28-29,40-41H,22,24-27H2,1-2H3,(H,45,49)/t41-/m1/s1. The van der Waals surface area contributed by atoms with Gasteiger partial charge in [-0.05, 0) is 50.1 Å². The quantitative estimate of drug-likeness (QED) is 0.0957. The minimum Gasteiger partial charge on any atom is -0.448 e. The highest BCUT2D eigenvalue weighted by Gasteiger charge is 2.31. The molecule has 5 aromatic carbocycles. The van der Waals surface area contributed by atoms with Gasteiger partial charge in [0, 0.05) is 55.6 Å². The van der Waals surface area contributed by atoms with Gasteiger partial charge >= 0.3 is 6.09 Å². The lowest BCUT2D eigenvalue weighted by Gasteiger charge is -2.31. The molecule has 0 unspecified atom stereocenters. The average molecular weight is 708 g/mol. The van der Waals surface area contributed by atoms with Crippen molar-refractivity contribution in [3.05, 3.63) is 166 Å². The molecule has 1 N–H and O–H groups in total. The van der Waals surface area contributed by atoms with Crippen molar-refractivity contribution < 1.29 is 19.2 Å². The number of rotatable bonds is 13. The molecule has 0 saturated heterocycles. The monoisotopic (exact) mass is 707 g/mol. The Morgan fingerprint density at radius 1 is 0.887 bits per heavy atom. The predicted octanol–water partition coefficient (Wildman–Crippen LogP) is 8.13. The molecule has 0 fully saturated rings. The van der Waals surface area contributed by atoms with Crippen molar-refractivity contribution in [1.29, 1.82) is 0 Å². The predicted molar refractivity (Wildman–Crippen MR) is 204 cm³/mol. The SMILES string of the molecule is CC(C)[C@@H](CN(Cc1cccc2ccccc12)C(=O)OCC1c2ccccc2-c2ccccc21)NC(=O)Cc1cncn1Cc1ccc([N+](=O)[O-])cc1. The van der Waals surface area contributed by atoms with Crippen molar-refractivity contribution >= 4 is 28.5 Å². The number of hydrogen-bond donors (Lipinski definition) is 1. The molecule has 1 aliphatic carbocycles. The van der Waals surface area contributed by atoms with E-state index in [0.29, 0.717) is 18.8 Å². The summed E-state index contributed by atoms with van der Waals surface area (Å²) in [5, 5.41) is 16.4. The van der Waals surface area contributed by atoms with E-state index in [1.165, 1.54) is 12.1 Å². The number of aromatic nitrogens is 2. The van der Waals surface area contributed by atoms with Gasteiger partial charge in [0.2, 0.25) is 5.91 Å². The maximum Gasteiger partial charge on any atom is 0.410 e. The number of fused-ring (bicyclic) bond motifs is 4. The third-order valence-corrected chi connectivity index (χ3v) is 10.0. The third-order valence-electron chi connectivity index (χ3n) is 10.0. The zero-order chi connectivity index (χ0) is 36.9. The maximum atomic E-state index is 14.2. The van der Waals surface area contributed by atoms with Gasteiger partial charge in [0.1, 0.15) is 6.61 Å². The summed E-state index contributed by atoms with van der Waals surface area (Å²) in [5.74, 6) is -0.283. The first kappa shape index (κ1) is 35.1. The molecular weight excluding hydrogens is 667 g/mol. The zero-order valence-corrected chi connectivity index (χ0v) is 29.7. The van der Waals surface area contributed by atoms with E-state index in [1.54, 1.807) is 29.6 Å². The fraction of sp³-hybridized carbons (Fsp3) is 0.233. The summed E-state index contributed by atoms with van der Waals surface area (Å²) in [6.45, 7) is 5.20. The Morgan fingerprint density at radius 2 is 1.55 bits per heavy atom. The van der Waals surface area contributed by atoms with E-state index in [2.05, 4.69) is 52.8 Å². The number of imidazole rings is 1. The number of ether oxygens (including phenoxy) is 1. The largest absolute Gasteiger partial charge is 0.448 e. The Kier molecular flexibility index (Phi) is 10.3. The van der Waals surface area contributed by atoms with Crippen molar-refractivity contribution in [1.82, 2.24) is 19.8 Å². The molecule has 1 aliphatic rings. The van der Waals surface area contributed by atoms with Crippen LogP contribution in [0.1, 0.15) is 47.7 Å². The molecule has 0 bridgehead atoms. The average Bonchev–Trinajstić information content (AvgIpc) is 3.74. The fourth-order valence-electron chi connectivity index (χ4n) is 7.17. The summed E-state index contributed by atoms with van der Waals surface area (Å²) in [6.07, 6.45) is 2.93. The molecule has 7 rings (SSSR count). The molecule has 1 aromatic heterocycles. The van der Waals surface area contributed by atoms with E-state index < -0.39 is 11.0 Å². The van der Waals surface area contributed by atoms with Crippen LogP contribution in [0.3, 0.4) is 0 Å². The second kappa shape index (κ2) is 15.5. The molecule has 0 spiro atoms. The first-order valence-corrected chi connectivity index (χ1v) is 17.8. The van der Waals surface area contributed by atoms with Gasteiger partial charge in [-0.2, -0.15) is 0 Å². The van der Waals surface area contributed by atoms with E-state index in [1.807, 2.05) is 66.9 Å². The lowest BCUT2D eigenvalue weighted by molar-refractivity contribution is -0.384. The van der Waals surface area contributed by atoms with Gasteiger partial charge in [0.05, 0.1) is 17.7 Å². The van der Waals surface area contributed by atoms with Crippen molar-refractivity contribution in [2.45, 2.75) is 45.3 Å². The molecular formula is C43H41N5O5. The number of carbonyl (C=O) groups is 2. The number of carbonyl (C=O) groups excluding carboxylic acids is 2. The van der Waals surface area contributed by atoms with Gasteiger partial charge in [-0.1, -0.05) is 117 Å². The Labute approximate surface area is 308 Å². The summed E-state index contributed by atoms with van der Waals surface area (Å²) in [4.78, 5) is 44.4. The van der Waals surface area contributed by atoms with E-state index >= 15 is 0 Å². The van der Waals surface area contributed by atoms with Gasteiger partial charge in [-0.15, -0.1) is 0 Å². The number of nitro groups is 1. The highest BCUT2D eigenvalue weighted by Crippen LogP contribution is 2.44. The Balaban J connectivity index is 1.08. The lowest BCUT2D eigenvalue weighted by atomic mass is 9.98. The first-order valence-electron chi connectivity index (χ1n) is 17.8.